The van der Waals surface area contributed by atoms with Crippen molar-refractivity contribution in [3.05, 3.63) is 33.4 Å². The van der Waals surface area contributed by atoms with E-state index in [0.29, 0.717) is 48.7 Å². The number of hydrogen-bond donors (Lipinski definition) is 1. The molecule has 2 aromatic rings. The summed E-state index contributed by atoms with van der Waals surface area (Å²) in [6.07, 6.45) is 5.17. The van der Waals surface area contributed by atoms with E-state index < -0.39 is 0 Å². The van der Waals surface area contributed by atoms with E-state index in [1.54, 1.807) is 4.52 Å². The van der Waals surface area contributed by atoms with Crippen LogP contribution in [0, 0.1) is 11.8 Å². The summed E-state index contributed by atoms with van der Waals surface area (Å²) < 4.78 is 1.59. The first-order chi connectivity index (χ1) is 13.9. The lowest BCUT2D eigenvalue weighted by Crippen LogP contribution is -2.41. The van der Waals surface area contributed by atoms with Gasteiger partial charge in [0, 0.05) is 31.0 Å². The molecule has 4 heterocycles. The summed E-state index contributed by atoms with van der Waals surface area (Å²) in [6.45, 7) is 8.73. The molecule has 29 heavy (non-hydrogen) atoms. The lowest BCUT2D eigenvalue weighted by Gasteiger charge is -2.37. The molecule has 1 saturated carbocycles. The minimum Gasteiger partial charge on any atom is -0.337 e. The van der Waals surface area contributed by atoms with Gasteiger partial charge < -0.3 is 4.90 Å². The summed E-state index contributed by atoms with van der Waals surface area (Å²) in [6, 6.07) is 2.82. The first-order valence-electron chi connectivity index (χ1n) is 11.1. The molecular weight excluding hydrogens is 366 g/mol. The number of fused-ring (bicyclic) bond motifs is 2. The van der Waals surface area contributed by atoms with Crippen molar-refractivity contribution in [2.24, 2.45) is 11.8 Å². The number of carbonyl (C=O) groups excluding carboxylic acids is 1. The standard InChI is InChI=1S/C22H31N5O2/c1-13(2)26-8-5-4-6-19(26)18-11-20-23-17-7-9-25(21(28)15-10-14(15)3)12-16(17)22(29)27(20)24-18/h11,13-15,19,24H,4-10,12H2,1-3H3/t14-,15+,19-/m0/s1. The molecule has 1 N–H and O–H groups in total. The summed E-state index contributed by atoms with van der Waals surface area (Å²) in [5, 5.41) is 3.35. The second-order valence-electron chi connectivity index (χ2n) is 9.42. The number of amides is 1. The summed E-state index contributed by atoms with van der Waals surface area (Å²) in [5.74, 6) is 0.840. The Morgan fingerprint density at radius 2 is 2.07 bits per heavy atom. The summed E-state index contributed by atoms with van der Waals surface area (Å²) in [7, 11) is 0. The van der Waals surface area contributed by atoms with Gasteiger partial charge in [-0.15, -0.1) is 0 Å². The van der Waals surface area contributed by atoms with Crippen LogP contribution in [0.1, 0.15) is 69.4 Å². The average Bonchev–Trinajstić information content (AvgIpc) is 3.29. The van der Waals surface area contributed by atoms with Crippen LogP contribution in [0.5, 0.6) is 0 Å². The summed E-state index contributed by atoms with van der Waals surface area (Å²) in [4.78, 5) is 35.1. The van der Waals surface area contributed by atoms with Crippen LogP contribution >= 0.6 is 0 Å². The van der Waals surface area contributed by atoms with Crippen LogP contribution in [-0.2, 0) is 17.8 Å². The Morgan fingerprint density at radius 3 is 2.79 bits per heavy atom. The van der Waals surface area contributed by atoms with Gasteiger partial charge in [0.15, 0.2) is 5.65 Å². The van der Waals surface area contributed by atoms with Crippen molar-refractivity contribution in [1.82, 2.24) is 24.4 Å². The number of H-pyrrole nitrogens is 1. The third-order valence-corrected chi connectivity index (χ3v) is 7.09. The summed E-state index contributed by atoms with van der Waals surface area (Å²) >= 11 is 0. The van der Waals surface area contributed by atoms with Crippen molar-refractivity contribution >= 4 is 11.6 Å². The lowest BCUT2D eigenvalue weighted by atomic mass is 9.98. The smallest absolute Gasteiger partial charge is 0.277 e. The average molecular weight is 398 g/mol. The summed E-state index contributed by atoms with van der Waals surface area (Å²) in [5.41, 5.74) is 3.26. The highest BCUT2D eigenvalue weighted by atomic mass is 16.2. The van der Waals surface area contributed by atoms with Gasteiger partial charge in [-0.2, -0.15) is 0 Å². The van der Waals surface area contributed by atoms with Crippen molar-refractivity contribution in [2.45, 2.75) is 71.5 Å². The van der Waals surface area contributed by atoms with Crippen molar-refractivity contribution < 1.29 is 4.79 Å². The lowest BCUT2D eigenvalue weighted by molar-refractivity contribution is -0.133. The molecule has 7 nitrogen and oxygen atoms in total. The molecule has 0 bridgehead atoms. The number of nitrogens with zero attached hydrogens (tertiary/aromatic N) is 4. The Hall–Kier alpha value is -2.15. The third kappa shape index (κ3) is 3.19. The predicted molar refractivity (Wildman–Crippen MR) is 111 cm³/mol. The van der Waals surface area contributed by atoms with Crippen LogP contribution in [0.4, 0.5) is 0 Å². The highest BCUT2D eigenvalue weighted by Gasteiger charge is 2.42. The van der Waals surface area contributed by atoms with Crippen molar-refractivity contribution in [2.75, 3.05) is 13.1 Å². The van der Waals surface area contributed by atoms with Crippen LogP contribution < -0.4 is 5.56 Å². The highest BCUT2D eigenvalue weighted by molar-refractivity contribution is 5.81. The highest BCUT2D eigenvalue weighted by Crippen LogP contribution is 2.40. The maximum absolute atomic E-state index is 13.2. The van der Waals surface area contributed by atoms with E-state index in [0.717, 1.165) is 30.8 Å². The zero-order valence-corrected chi connectivity index (χ0v) is 17.6. The number of piperidine rings is 1. The molecule has 1 amide bonds. The van der Waals surface area contributed by atoms with Crippen molar-refractivity contribution in [1.29, 1.82) is 0 Å². The fourth-order valence-electron chi connectivity index (χ4n) is 5.17. The van der Waals surface area contributed by atoms with E-state index in [-0.39, 0.29) is 17.4 Å². The van der Waals surface area contributed by atoms with Gasteiger partial charge in [-0.1, -0.05) is 13.3 Å². The number of nitrogens with one attached hydrogen (secondary N) is 1. The van der Waals surface area contributed by atoms with Crippen LogP contribution in [0.3, 0.4) is 0 Å². The first kappa shape index (κ1) is 18.9. The zero-order valence-electron chi connectivity index (χ0n) is 17.6. The molecule has 7 heteroatoms. The van der Waals surface area contributed by atoms with Crippen molar-refractivity contribution in [3.8, 4) is 0 Å². The zero-order chi connectivity index (χ0) is 20.3. The third-order valence-electron chi connectivity index (χ3n) is 7.09. The molecule has 156 valence electrons. The van der Waals surface area contributed by atoms with E-state index in [1.165, 1.54) is 12.8 Å². The predicted octanol–water partition coefficient (Wildman–Crippen LogP) is 2.50. The Labute approximate surface area is 171 Å². The topological polar surface area (TPSA) is 73.7 Å². The van der Waals surface area contributed by atoms with E-state index in [2.05, 4.69) is 36.8 Å². The molecule has 1 saturated heterocycles. The van der Waals surface area contributed by atoms with Gasteiger partial charge >= 0.3 is 0 Å². The van der Waals surface area contributed by atoms with Gasteiger partial charge in [0.1, 0.15) is 0 Å². The Bertz CT molecular complexity index is 1010. The quantitative estimate of drug-likeness (QED) is 0.864. The largest absolute Gasteiger partial charge is 0.337 e. The molecule has 2 aliphatic heterocycles. The maximum Gasteiger partial charge on any atom is 0.277 e. The first-order valence-corrected chi connectivity index (χ1v) is 11.1. The molecule has 5 rings (SSSR count). The van der Waals surface area contributed by atoms with Crippen LogP contribution in [0.25, 0.3) is 5.65 Å². The normalized spacial score (nSPS) is 27.4. The molecular formula is C22H31N5O2. The molecule has 2 fully saturated rings. The molecule has 2 aromatic heterocycles. The second kappa shape index (κ2) is 6.97. The van der Waals surface area contributed by atoms with Crippen molar-refractivity contribution in [3.63, 3.8) is 0 Å². The molecule has 0 unspecified atom stereocenters. The van der Waals surface area contributed by atoms with Crippen LogP contribution in [-0.4, -0.2) is 49.4 Å². The minimum absolute atomic E-state index is 0.0514. The second-order valence-corrected chi connectivity index (χ2v) is 9.42. The van der Waals surface area contributed by atoms with Gasteiger partial charge in [0.05, 0.1) is 29.5 Å². The number of carbonyl (C=O) groups is 1. The van der Waals surface area contributed by atoms with E-state index >= 15 is 0 Å². The fraction of sp³-hybridized carbons (Fsp3) is 0.682. The maximum atomic E-state index is 13.2. The Balaban J connectivity index is 1.48. The number of aromatic nitrogens is 3. The minimum atomic E-state index is -0.0514. The number of aromatic amines is 1. The number of hydrogen-bond acceptors (Lipinski definition) is 4. The van der Waals surface area contributed by atoms with Gasteiger partial charge in [-0.25, -0.2) is 9.50 Å². The van der Waals surface area contributed by atoms with Gasteiger partial charge in [0.25, 0.3) is 5.56 Å². The monoisotopic (exact) mass is 397 g/mol. The number of likely N-dealkylation sites (tertiary alicyclic amines) is 1. The molecule has 0 aromatic carbocycles. The molecule has 0 spiro atoms. The van der Waals surface area contributed by atoms with Crippen LogP contribution in [0.2, 0.25) is 0 Å². The van der Waals surface area contributed by atoms with E-state index in [4.69, 9.17) is 4.98 Å². The Kier molecular flexibility index (Phi) is 4.53. The fourth-order valence-corrected chi connectivity index (χ4v) is 5.17. The molecule has 3 aliphatic rings. The van der Waals surface area contributed by atoms with Crippen LogP contribution in [0.15, 0.2) is 10.9 Å². The molecule has 3 atom stereocenters. The molecule has 0 radical (unpaired) electrons. The van der Waals surface area contributed by atoms with E-state index in [1.807, 2.05) is 4.90 Å². The van der Waals surface area contributed by atoms with E-state index in [9.17, 15) is 9.59 Å². The Morgan fingerprint density at radius 1 is 1.28 bits per heavy atom. The van der Waals surface area contributed by atoms with Gasteiger partial charge in [0.2, 0.25) is 5.91 Å². The SMILES string of the molecule is CC(C)N1CCCC[C@H]1c1cc2nc3c(c(=O)n2[nH]1)CN(C(=O)[C@@H]1C[C@@H]1C)CC3. The number of rotatable bonds is 3. The molecule has 1 aliphatic carbocycles. The van der Waals surface area contributed by atoms with Gasteiger partial charge in [-0.3, -0.25) is 19.6 Å². The van der Waals surface area contributed by atoms with Gasteiger partial charge in [-0.05, 0) is 45.6 Å².